The Morgan fingerprint density at radius 1 is 1.32 bits per heavy atom. The molecule has 102 valence electrons. The third-order valence-electron chi connectivity index (χ3n) is 2.90. The molecule has 1 aromatic carbocycles. The predicted molar refractivity (Wildman–Crippen MR) is 74.9 cm³/mol. The second kappa shape index (κ2) is 5.78. The van der Waals surface area contributed by atoms with E-state index >= 15 is 0 Å². The summed E-state index contributed by atoms with van der Waals surface area (Å²) in [6.07, 6.45) is 0.897. The second-order valence-corrected chi connectivity index (χ2v) is 4.83. The number of H-pyrrole nitrogens is 1. The molecule has 0 unspecified atom stereocenters. The minimum absolute atomic E-state index is 0.117. The van der Waals surface area contributed by atoms with Crippen LogP contribution in [-0.2, 0) is 6.42 Å². The lowest BCUT2D eigenvalue weighted by molar-refractivity contribution is 0.230. The van der Waals surface area contributed by atoms with Gasteiger partial charge in [-0.3, -0.25) is 5.10 Å². The molecule has 19 heavy (non-hydrogen) atoms. The van der Waals surface area contributed by atoms with Crippen LogP contribution in [0.3, 0.4) is 0 Å². The summed E-state index contributed by atoms with van der Waals surface area (Å²) in [6, 6.07) is 8.05. The van der Waals surface area contributed by atoms with E-state index in [-0.39, 0.29) is 6.10 Å². The van der Waals surface area contributed by atoms with Gasteiger partial charge in [-0.2, -0.15) is 0 Å². The molecule has 0 fully saturated rings. The van der Waals surface area contributed by atoms with Crippen LogP contribution >= 0.6 is 0 Å². The quantitative estimate of drug-likeness (QED) is 0.898. The first-order valence-electron chi connectivity index (χ1n) is 6.43. The number of hydrogen-bond acceptors (Lipinski definition) is 3. The monoisotopic (exact) mass is 260 g/mol. The number of rotatable bonds is 5. The van der Waals surface area contributed by atoms with E-state index < -0.39 is 0 Å². The molecule has 0 spiro atoms. The van der Waals surface area contributed by atoms with E-state index in [0.29, 0.717) is 5.88 Å². The lowest BCUT2D eigenvalue weighted by atomic mass is 10.1. The van der Waals surface area contributed by atoms with E-state index in [0.717, 1.165) is 23.4 Å². The van der Waals surface area contributed by atoms with Crippen LogP contribution < -0.4 is 9.47 Å². The summed E-state index contributed by atoms with van der Waals surface area (Å²) in [4.78, 5) is 0. The van der Waals surface area contributed by atoms with Gasteiger partial charge in [0.05, 0.1) is 13.2 Å². The van der Waals surface area contributed by atoms with Gasteiger partial charge in [0.15, 0.2) is 0 Å². The van der Waals surface area contributed by atoms with Crippen LogP contribution in [-0.4, -0.2) is 23.4 Å². The fourth-order valence-corrected chi connectivity index (χ4v) is 1.95. The van der Waals surface area contributed by atoms with Crippen LogP contribution in [0.4, 0.5) is 0 Å². The molecule has 0 aliphatic rings. The normalized spacial score (nSPS) is 10.8. The zero-order valence-corrected chi connectivity index (χ0v) is 11.9. The van der Waals surface area contributed by atoms with Crippen LogP contribution in [0.15, 0.2) is 24.3 Å². The largest absolute Gasteiger partial charge is 0.497 e. The van der Waals surface area contributed by atoms with E-state index in [2.05, 4.69) is 16.3 Å². The van der Waals surface area contributed by atoms with Gasteiger partial charge in [0.2, 0.25) is 5.88 Å². The minimum atomic E-state index is 0.117. The highest BCUT2D eigenvalue weighted by Gasteiger charge is 2.13. The Morgan fingerprint density at radius 2 is 2.11 bits per heavy atom. The molecular weight excluding hydrogens is 240 g/mol. The predicted octanol–water partition coefficient (Wildman–Crippen LogP) is 3.10. The summed E-state index contributed by atoms with van der Waals surface area (Å²) >= 11 is 0. The lowest BCUT2D eigenvalue weighted by Crippen LogP contribution is -2.07. The number of nitrogens with zero attached hydrogens (tertiary/aromatic N) is 1. The van der Waals surface area contributed by atoms with Crippen LogP contribution in [0.25, 0.3) is 0 Å². The standard InChI is InChI=1S/C15H20N2O2/c1-10(2)19-15-14(11(3)16-17-15)9-12-6-5-7-13(8-12)18-4/h5-8,10H,9H2,1-4H3,(H,16,17). The molecule has 2 rings (SSSR count). The van der Waals surface area contributed by atoms with Gasteiger partial charge in [-0.05, 0) is 38.5 Å². The Hall–Kier alpha value is -1.97. The van der Waals surface area contributed by atoms with E-state index in [1.54, 1.807) is 7.11 Å². The molecule has 4 nitrogen and oxygen atoms in total. The van der Waals surface area contributed by atoms with Crippen molar-refractivity contribution in [1.29, 1.82) is 0 Å². The molecule has 4 heteroatoms. The van der Waals surface area contributed by atoms with Crippen molar-refractivity contribution in [3.63, 3.8) is 0 Å². The minimum Gasteiger partial charge on any atom is -0.497 e. The van der Waals surface area contributed by atoms with Gasteiger partial charge >= 0.3 is 0 Å². The third-order valence-corrected chi connectivity index (χ3v) is 2.90. The highest BCUT2D eigenvalue weighted by molar-refractivity contribution is 5.38. The van der Waals surface area contributed by atoms with Gasteiger partial charge in [0, 0.05) is 17.7 Å². The molecule has 1 aromatic heterocycles. The van der Waals surface area contributed by atoms with Crippen molar-refractivity contribution in [2.45, 2.75) is 33.3 Å². The number of aryl methyl sites for hydroxylation is 1. The maximum atomic E-state index is 5.72. The molecule has 0 bridgehead atoms. The molecular formula is C15H20N2O2. The van der Waals surface area contributed by atoms with E-state index in [1.165, 1.54) is 5.56 Å². The van der Waals surface area contributed by atoms with Crippen molar-refractivity contribution in [2.24, 2.45) is 0 Å². The average molecular weight is 260 g/mol. The molecule has 1 N–H and O–H groups in total. The van der Waals surface area contributed by atoms with Gasteiger partial charge in [0.1, 0.15) is 5.75 Å². The maximum Gasteiger partial charge on any atom is 0.236 e. The zero-order valence-electron chi connectivity index (χ0n) is 11.9. The summed E-state index contributed by atoms with van der Waals surface area (Å²) in [5.41, 5.74) is 3.32. The van der Waals surface area contributed by atoms with Crippen molar-refractivity contribution < 1.29 is 9.47 Å². The van der Waals surface area contributed by atoms with Crippen molar-refractivity contribution in [1.82, 2.24) is 10.2 Å². The van der Waals surface area contributed by atoms with Gasteiger partial charge < -0.3 is 9.47 Å². The molecule has 0 saturated carbocycles. The molecule has 0 aliphatic carbocycles. The van der Waals surface area contributed by atoms with E-state index in [4.69, 9.17) is 9.47 Å². The Morgan fingerprint density at radius 3 is 2.79 bits per heavy atom. The first-order valence-corrected chi connectivity index (χ1v) is 6.43. The Balaban J connectivity index is 2.24. The number of methoxy groups -OCH3 is 1. The first kappa shape index (κ1) is 13.5. The zero-order chi connectivity index (χ0) is 13.8. The van der Waals surface area contributed by atoms with Crippen LogP contribution in [0.2, 0.25) is 0 Å². The Kier molecular flexibility index (Phi) is 4.10. The van der Waals surface area contributed by atoms with Crippen molar-refractivity contribution in [3.05, 3.63) is 41.1 Å². The summed E-state index contributed by atoms with van der Waals surface area (Å²) in [5.74, 6) is 1.56. The number of hydrogen-bond donors (Lipinski definition) is 1. The summed E-state index contributed by atoms with van der Waals surface area (Å²) in [7, 11) is 1.68. The molecule has 0 amide bonds. The van der Waals surface area contributed by atoms with Crippen LogP contribution in [0.1, 0.15) is 30.7 Å². The molecule has 0 aliphatic heterocycles. The second-order valence-electron chi connectivity index (χ2n) is 4.83. The first-order chi connectivity index (χ1) is 9.10. The smallest absolute Gasteiger partial charge is 0.236 e. The van der Waals surface area contributed by atoms with Gasteiger partial charge in [0.25, 0.3) is 0 Å². The van der Waals surface area contributed by atoms with Crippen LogP contribution in [0, 0.1) is 6.92 Å². The number of ether oxygens (including phenoxy) is 2. The lowest BCUT2D eigenvalue weighted by Gasteiger charge is -2.10. The van der Waals surface area contributed by atoms with Crippen molar-refractivity contribution >= 4 is 0 Å². The fourth-order valence-electron chi connectivity index (χ4n) is 1.95. The molecule has 0 atom stereocenters. The molecule has 1 heterocycles. The highest BCUT2D eigenvalue weighted by atomic mass is 16.5. The van der Waals surface area contributed by atoms with Crippen molar-refractivity contribution in [3.8, 4) is 11.6 Å². The fraction of sp³-hybridized carbons (Fsp3) is 0.400. The SMILES string of the molecule is COc1cccc(Cc2c(OC(C)C)n[nH]c2C)c1. The molecule has 0 saturated heterocycles. The van der Waals surface area contributed by atoms with Crippen LogP contribution in [0.5, 0.6) is 11.6 Å². The topological polar surface area (TPSA) is 47.1 Å². The highest BCUT2D eigenvalue weighted by Crippen LogP contribution is 2.24. The summed E-state index contributed by atoms with van der Waals surface area (Å²) in [6.45, 7) is 6.01. The molecule has 0 radical (unpaired) electrons. The van der Waals surface area contributed by atoms with E-state index in [9.17, 15) is 0 Å². The summed E-state index contributed by atoms with van der Waals surface area (Å²) in [5, 5.41) is 7.20. The maximum absolute atomic E-state index is 5.72. The average Bonchev–Trinajstić information content (AvgIpc) is 2.71. The molecule has 2 aromatic rings. The number of aromatic nitrogens is 2. The number of nitrogens with one attached hydrogen (secondary N) is 1. The summed E-state index contributed by atoms with van der Waals surface area (Å²) < 4.78 is 11.0. The number of benzene rings is 1. The Bertz CT molecular complexity index is 547. The van der Waals surface area contributed by atoms with Gasteiger partial charge in [-0.15, -0.1) is 5.10 Å². The van der Waals surface area contributed by atoms with Crippen molar-refractivity contribution in [2.75, 3.05) is 7.11 Å². The van der Waals surface area contributed by atoms with Gasteiger partial charge in [-0.25, -0.2) is 0 Å². The number of aromatic amines is 1. The third kappa shape index (κ3) is 3.28. The Labute approximate surface area is 113 Å². The van der Waals surface area contributed by atoms with E-state index in [1.807, 2.05) is 39.0 Å². The van der Waals surface area contributed by atoms with Gasteiger partial charge in [-0.1, -0.05) is 12.1 Å².